The van der Waals surface area contributed by atoms with Crippen LogP contribution in [0.1, 0.15) is 25.8 Å². The molecule has 1 rings (SSSR count). The molecule has 2 unspecified atom stereocenters. The lowest BCUT2D eigenvalue weighted by molar-refractivity contribution is -0.139. The summed E-state index contributed by atoms with van der Waals surface area (Å²) in [6.07, 6.45) is -4.41. The molecule has 1 N–H and O–H groups in total. The largest absolute Gasteiger partial charge is 0.417 e. The molecule has 8 heteroatoms. The molecule has 0 fully saturated rings. The summed E-state index contributed by atoms with van der Waals surface area (Å²) in [7, 11) is -4.25. The van der Waals surface area contributed by atoms with Crippen LogP contribution >= 0.6 is 11.6 Å². The van der Waals surface area contributed by atoms with Crippen molar-refractivity contribution in [2.24, 2.45) is 0 Å². The van der Waals surface area contributed by atoms with Crippen molar-refractivity contribution in [1.82, 2.24) is 4.72 Å². The van der Waals surface area contributed by atoms with E-state index in [1.807, 2.05) is 0 Å². The monoisotopic (exact) mass is 329 g/mol. The molecule has 114 valence electrons. The summed E-state index contributed by atoms with van der Waals surface area (Å²) in [5.74, 6) is 0. The second kappa shape index (κ2) is 6.32. The first-order chi connectivity index (χ1) is 9.04. The number of hydrogen-bond acceptors (Lipinski definition) is 2. The van der Waals surface area contributed by atoms with Gasteiger partial charge < -0.3 is 0 Å². The maximum Gasteiger partial charge on any atom is 0.417 e. The van der Waals surface area contributed by atoms with Gasteiger partial charge in [0.1, 0.15) is 0 Å². The molecule has 0 aliphatic carbocycles. The van der Waals surface area contributed by atoms with Crippen LogP contribution in [-0.4, -0.2) is 19.8 Å². The fraction of sp³-hybridized carbons (Fsp3) is 0.500. The van der Waals surface area contributed by atoms with Gasteiger partial charge in [-0.25, -0.2) is 13.1 Å². The Morgan fingerprint density at radius 2 is 1.80 bits per heavy atom. The summed E-state index contributed by atoms with van der Waals surface area (Å²) in [6, 6.07) is 3.50. The molecule has 0 heterocycles. The molecular formula is C12H15ClF3NO2S. The lowest BCUT2D eigenvalue weighted by atomic mass is 10.2. The van der Waals surface area contributed by atoms with Gasteiger partial charge in [0.2, 0.25) is 10.0 Å². The number of alkyl halides is 4. The third-order valence-corrected chi connectivity index (χ3v) is 4.34. The highest BCUT2D eigenvalue weighted by atomic mass is 35.5. The molecule has 0 aromatic heterocycles. The van der Waals surface area contributed by atoms with Crippen LogP contribution in [0.2, 0.25) is 0 Å². The molecule has 2 atom stereocenters. The lowest BCUT2D eigenvalue weighted by Crippen LogP contribution is -2.35. The molecule has 0 aliphatic heterocycles. The molecule has 0 aliphatic rings. The van der Waals surface area contributed by atoms with Crippen LogP contribution in [-0.2, 0) is 16.2 Å². The average molecular weight is 330 g/mol. The Morgan fingerprint density at radius 3 is 2.30 bits per heavy atom. The van der Waals surface area contributed by atoms with Crippen molar-refractivity contribution in [2.75, 3.05) is 0 Å². The molecule has 0 amide bonds. The molecule has 0 saturated heterocycles. The third-order valence-electron chi connectivity index (χ3n) is 2.52. The standard InChI is InChI=1S/C12H15ClF3NO2S/c1-8(13)7-9(2)17-20(18,19)11-6-4-3-5-10(11)12(14,15)16/h3-6,8-9,17H,7H2,1-2H3. The van der Waals surface area contributed by atoms with Crippen LogP contribution in [0.25, 0.3) is 0 Å². The molecule has 0 spiro atoms. The van der Waals surface area contributed by atoms with Gasteiger partial charge in [-0.05, 0) is 32.4 Å². The second-order valence-corrected chi connectivity index (χ2v) is 6.96. The zero-order valence-electron chi connectivity index (χ0n) is 10.9. The molecule has 1 aromatic rings. The summed E-state index contributed by atoms with van der Waals surface area (Å²) in [5.41, 5.74) is -1.18. The van der Waals surface area contributed by atoms with Crippen LogP contribution in [0.15, 0.2) is 29.2 Å². The van der Waals surface area contributed by atoms with Crippen molar-refractivity contribution in [3.8, 4) is 0 Å². The number of benzene rings is 1. The molecule has 3 nitrogen and oxygen atoms in total. The van der Waals surface area contributed by atoms with Crippen LogP contribution in [0.5, 0.6) is 0 Å². The predicted octanol–water partition coefficient (Wildman–Crippen LogP) is 3.39. The highest BCUT2D eigenvalue weighted by Gasteiger charge is 2.37. The van der Waals surface area contributed by atoms with Gasteiger partial charge in [-0.15, -0.1) is 11.6 Å². The van der Waals surface area contributed by atoms with Crippen molar-refractivity contribution in [1.29, 1.82) is 0 Å². The second-order valence-electron chi connectivity index (χ2n) is 4.53. The summed E-state index contributed by atoms with van der Waals surface area (Å²) in [4.78, 5) is -0.776. The SMILES string of the molecule is CC(Cl)CC(C)NS(=O)(=O)c1ccccc1C(F)(F)F. The molecule has 0 saturated carbocycles. The molecule has 0 bridgehead atoms. The van der Waals surface area contributed by atoms with Gasteiger partial charge in [-0.3, -0.25) is 0 Å². The van der Waals surface area contributed by atoms with Gasteiger partial charge in [0.05, 0.1) is 10.5 Å². The summed E-state index contributed by atoms with van der Waals surface area (Å²) >= 11 is 5.74. The number of rotatable bonds is 5. The van der Waals surface area contributed by atoms with E-state index in [0.29, 0.717) is 6.42 Å². The van der Waals surface area contributed by atoms with E-state index in [4.69, 9.17) is 11.6 Å². The van der Waals surface area contributed by atoms with Crippen LogP contribution < -0.4 is 4.72 Å². The first kappa shape index (κ1) is 17.3. The first-order valence-corrected chi connectivity index (χ1v) is 7.78. The number of halogens is 4. The zero-order valence-corrected chi connectivity index (χ0v) is 12.5. The average Bonchev–Trinajstić information content (AvgIpc) is 2.25. The quantitative estimate of drug-likeness (QED) is 0.842. The van der Waals surface area contributed by atoms with Gasteiger partial charge in [0.15, 0.2) is 0 Å². The number of hydrogen-bond donors (Lipinski definition) is 1. The van der Waals surface area contributed by atoms with Crippen LogP contribution in [0.4, 0.5) is 13.2 Å². The molecule has 1 aromatic carbocycles. The zero-order chi connectivity index (χ0) is 15.6. The van der Waals surface area contributed by atoms with E-state index in [2.05, 4.69) is 4.72 Å². The van der Waals surface area contributed by atoms with Crippen molar-refractivity contribution in [3.63, 3.8) is 0 Å². The maximum atomic E-state index is 12.8. The van der Waals surface area contributed by atoms with E-state index in [1.54, 1.807) is 13.8 Å². The Balaban J connectivity index is 3.11. The van der Waals surface area contributed by atoms with Crippen LogP contribution in [0, 0.1) is 0 Å². The van der Waals surface area contributed by atoms with E-state index < -0.39 is 32.7 Å². The van der Waals surface area contributed by atoms with Gasteiger partial charge in [0.25, 0.3) is 0 Å². The minimum Gasteiger partial charge on any atom is -0.208 e. The summed E-state index contributed by atoms with van der Waals surface area (Å²) in [5, 5.41) is -0.287. The summed E-state index contributed by atoms with van der Waals surface area (Å²) in [6.45, 7) is 3.22. The highest BCUT2D eigenvalue weighted by molar-refractivity contribution is 7.89. The van der Waals surface area contributed by atoms with E-state index in [1.165, 1.54) is 6.07 Å². The Hall–Kier alpha value is -0.790. The highest BCUT2D eigenvalue weighted by Crippen LogP contribution is 2.33. The Labute approximate surface area is 121 Å². The van der Waals surface area contributed by atoms with Gasteiger partial charge in [-0.1, -0.05) is 12.1 Å². The third kappa shape index (κ3) is 4.64. The van der Waals surface area contributed by atoms with Crippen molar-refractivity contribution < 1.29 is 21.6 Å². The van der Waals surface area contributed by atoms with Gasteiger partial charge >= 0.3 is 6.18 Å². The van der Waals surface area contributed by atoms with E-state index in [9.17, 15) is 21.6 Å². The molecule has 20 heavy (non-hydrogen) atoms. The molecule has 0 radical (unpaired) electrons. The molecular weight excluding hydrogens is 315 g/mol. The minimum atomic E-state index is -4.73. The Bertz CT molecular complexity index is 558. The number of nitrogens with one attached hydrogen (secondary N) is 1. The first-order valence-electron chi connectivity index (χ1n) is 5.86. The van der Waals surface area contributed by atoms with Gasteiger partial charge in [-0.2, -0.15) is 13.2 Å². The Morgan fingerprint density at radius 1 is 1.25 bits per heavy atom. The van der Waals surface area contributed by atoms with Crippen molar-refractivity contribution in [3.05, 3.63) is 29.8 Å². The Kier molecular flexibility index (Phi) is 5.46. The van der Waals surface area contributed by atoms with E-state index in [0.717, 1.165) is 18.2 Å². The lowest BCUT2D eigenvalue weighted by Gasteiger charge is -2.18. The summed E-state index contributed by atoms with van der Waals surface area (Å²) < 4.78 is 64.7. The van der Waals surface area contributed by atoms with Crippen molar-refractivity contribution in [2.45, 2.75) is 42.8 Å². The fourth-order valence-corrected chi connectivity index (χ4v) is 3.55. The predicted molar refractivity (Wildman–Crippen MR) is 71.2 cm³/mol. The number of sulfonamides is 1. The van der Waals surface area contributed by atoms with Crippen LogP contribution in [0.3, 0.4) is 0 Å². The maximum absolute atomic E-state index is 12.8. The van der Waals surface area contributed by atoms with Gasteiger partial charge in [0, 0.05) is 11.4 Å². The van der Waals surface area contributed by atoms with E-state index >= 15 is 0 Å². The van der Waals surface area contributed by atoms with Crippen molar-refractivity contribution >= 4 is 21.6 Å². The normalized spacial score (nSPS) is 15.9. The topological polar surface area (TPSA) is 46.2 Å². The fourth-order valence-electron chi connectivity index (χ4n) is 1.80. The minimum absolute atomic E-state index is 0.287. The van der Waals surface area contributed by atoms with E-state index in [-0.39, 0.29) is 5.38 Å². The smallest absolute Gasteiger partial charge is 0.208 e.